The second-order valence-corrected chi connectivity index (χ2v) is 5.23. The molecule has 116 valence electrons. The number of ether oxygens (including phenoxy) is 2. The first-order chi connectivity index (χ1) is 10.6. The summed E-state index contributed by atoms with van der Waals surface area (Å²) < 4.78 is 10.7. The van der Waals surface area contributed by atoms with Gasteiger partial charge in [0, 0.05) is 5.56 Å². The summed E-state index contributed by atoms with van der Waals surface area (Å²) in [6.07, 6.45) is 0. The van der Waals surface area contributed by atoms with Gasteiger partial charge in [0.05, 0.1) is 13.2 Å². The highest BCUT2D eigenvalue weighted by Crippen LogP contribution is 2.17. The number of nitrogens with one attached hydrogen (secondary N) is 1. The molecule has 0 heterocycles. The minimum Gasteiger partial charge on any atom is -0.497 e. The molecule has 1 atom stereocenters. The topological polar surface area (TPSA) is 47.6 Å². The maximum Gasteiger partial charge on any atom is 0.251 e. The van der Waals surface area contributed by atoms with Crippen molar-refractivity contribution in [2.75, 3.05) is 13.7 Å². The van der Waals surface area contributed by atoms with Crippen molar-refractivity contribution < 1.29 is 14.3 Å². The molecule has 0 aliphatic rings. The predicted octanol–water partition coefficient (Wildman–Crippen LogP) is 3.20. The zero-order valence-corrected chi connectivity index (χ0v) is 13.1. The Morgan fingerprint density at radius 1 is 1.05 bits per heavy atom. The number of benzene rings is 2. The number of carbonyl (C=O) groups excluding carboxylic acids is 1. The highest BCUT2D eigenvalue weighted by molar-refractivity contribution is 5.94. The Morgan fingerprint density at radius 2 is 1.64 bits per heavy atom. The summed E-state index contributed by atoms with van der Waals surface area (Å²) in [5.41, 5.74) is 1.79. The van der Waals surface area contributed by atoms with Crippen LogP contribution in [0.3, 0.4) is 0 Å². The molecule has 0 saturated heterocycles. The van der Waals surface area contributed by atoms with Crippen LogP contribution in [-0.2, 0) is 0 Å². The average Bonchev–Trinajstić information content (AvgIpc) is 2.54. The Labute approximate surface area is 131 Å². The molecule has 2 aromatic carbocycles. The predicted molar refractivity (Wildman–Crippen MR) is 86.6 cm³/mol. The molecule has 0 aliphatic carbocycles. The lowest BCUT2D eigenvalue weighted by Gasteiger charge is -2.15. The first-order valence-corrected chi connectivity index (χ1v) is 7.23. The van der Waals surface area contributed by atoms with Gasteiger partial charge in [0.1, 0.15) is 18.1 Å². The summed E-state index contributed by atoms with van der Waals surface area (Å²) in [6, 6.07) is 14.8. The van der Waals surface area contributed by atoms with Gasteiger partial charge in [-0.2, -0.15) is 0 Å². The number of aryl methyl sites for hydroxylation is 1. The normalized spacial score (nSPS) is 11.6. The molecule has 1 N–H and O–H groups in total. The Morgan fingerprint density at radius 3 is 2.23 bits per heavy atom. The molecule has 0 radical (unpaired) electrons. The lowest BCUT2D eigenvalue weighted by atomic mass is 10.1. The van der Waals surface area contributed by atoms with E-state index in [1.807, 2.05) is 62.4 Å². The Bertz CT molecular complexity index is 605. The van der Waals surface area contributed by atoms with E-state index in [-0.39, 0.29) is 11.9 Å². The van der Waals surface area contributed by atoms with Crippen LogP contribution < -0.4 is 14.8 Å². The van der Waals surface area contributed by atoms with E-state index in [2.05, 4.69) is 5.32 Å². The van der Waals surface area contributed by atoms with E-state index in [1.165, 1.54) is 0 Å². The van der Waals surface area contributed by atoms with Crippen LogP contribution in [-0.4, -0.2) is 25.7 Å². The Balaban J connectivity index is 1.82. The van der Waals surface area contributed by atoms with Crippen molar-refractivity contribution in [2.24, 2.45) is 0 Å². The second kappa shape index (κ2) is 7.50. The zero-order valence-electron chi connectivity index (χ0n) is 13.1. The first-order valence-electron chi connectivity index (χ1n) is 7.23. The molecule has 0 fully saturated rings. The highest BCUT2D eigenvalue weighted by Gasteiger charge is 2.10. The molecule has 0 aliphatic heterocycles. The first kappa shape index (κ1) is 15.9. The van der Waals surface area contributed by atoms with Crippen LogP contribution in [0.2, 0.25) is 0 Å². The van der Waals surface area contributed by atoms with Crippen LogP contribution >= 0.6 is 0 Å². The number of hydrogen-bond donors (Lipinski definition) is 1. The highest BCUT2D eigenvalue weighted by atomic mass is 16.5. The van der Waals surface area contributed by atoms with E-state index in [4.69, 9.17) is 9.47 Å². The largest absolute Gasteiger partial charge is 0.497 e. The van der Waals surface area contributed by atoms with Crippen LogP contribution in [0.25, 0.3) is 0 Å². The third-order valence-electron chi connectivity index (χ3n) is 3.25. The fourth-order valence-electron chi connectivity index (χ4n) is 1.95. The molecular weight excluding hydrogens is 278 g/mol. The molecule has 0 aromatic heterocycles. The monoisotopic (exact) mass is 299 g/mol. The van der Waals surface area contributed by atoms with Crippen LogP contribution in [0, 0.1) is 6.92 Å². The van der Waals surface area contributed by atoms with Gasteiger partial charge in [0.15, 0.2) is 0 Å². The number of amides is 1. The number of rotatable bonds is 6. The van der Waals surface area contributed by atoms with Crippen molar-refractivity contribution in [1.82, 2.24) is 5.32 Å². The van der Waals surface area contributed by atoms with E-state index >= 15 is 0 Å². The maximum absolute atomic E-state index is 12.1. The van der Waals surface area contributed by atoms with E-state index in [9.17, 15) is 4.79 Å². The molecule has 1 amide bonds. The van der Waals surface area contributed by atoms with Crippen molar-refractivity contribution in [3.63, 3.8) is 0 Å². The van der Waals surface area contributed by atoms with Gasteiger partial charge in [0.25, 0.3) is 5.91 Å². The Kier molecular flexibility index (Phi) is 5.42. The van der Waals surface area contributed by atoms with Crippen LogP contribution in [0.4, 0.5) is 0 Å². The lowest BCUT2D eigenvalue weighted by molar-refractivity contribution is 0.0926. The zero-order chi connectivity index (χ0) is 15.9. The summed E-state index contributed by atoms with van der Waals surface area (Å²) in [4.78, 5) is 12.1. The van der Waals surface area contributed by atoms with E-state index in [0.29, 0.717) is 12.2 Å². The van der Waals surface area contributed by atoms with Gasteiger partial charge in [0.2, 0.25) is 0 Å². The fourth-order valence-corrected chi connectivity index (χ4v) is 1.95. The van der Waals surface area contributed by atoms with Crippen LogP contribution in [0.1, 0.15) is 22.8 Å². The van der Waals surface area contributed by atoms with Gasteiger partial charge in [-0.1, -0.05) is 17.7 Å². The summed E-state index contributed by atoms with van der Waals surface area (Å²) in [5, 5.41) is 2.92. The molecule has 1 unspecified atom stereocenters. The summed E-state index contributed by atoms with van der Waals surface area (Å²) in [5.74, 6) is 1.44. The van der Waals surface area contributed by atoms with Gasteiger partial charge < -0.3 is 14.8 Å². The van der Waals surface area contributed by atoms with E-state index in [0.717, 1.165) is 17.1 Å². The van der Waals surface area contributed by atoms with Gasteiger partial charge in [-0.15, -0.1) is 0 Å². The van der Waals surface area contributed by atoms with Crippen LogP contribution in [0.5, 0.6) is 11.5 Å². The van der Waals surface area contributed by atoms with Crippen molar-refractivity contribution in [2.45, 2.75) is 19.9 Å². The second-order valence-electron chi connectivity index (χ2n) is 5.23. The maximum atomic E-state index is 12.1. The quantitative estimate of drug-likeness (QED) is 0.891. The lowest BCUT2D eigenvalue weighted by Crippen LogP contribution is -2.36. The van der Waals surface area contributed by atoms with Crippen molar-refractivity contribution in [3.8, 4) is 11.5 Å². The molecule has 0 saturated carbocycles. The number of methoxy groups -OCH3 is 1. The summed E-state index contributed by atoms with van der Waals surface area (Å²) >= 11 is 0. The molecular formula is C18H21NO3. The third kappa shape index (κ3) is 4.52. The van der Waals surface area contributed by atoms with Gasteiger partial charge >= 0.3 is 0 Å². The third-order valence-corrected chi connectivity index (χ3v) is 3.25. The summed E-state index contributed by atoms with van der Waals surface area (Å²) in [6.45, 7) is 4.31. The Hall–Kier alpha value is -2.49. The van der Waals surface area contributed by atoms with Crippen LogP contribution in [0.15, 0.2) is 48.5 Å². The minimum atomic E-state index is -0.0918. The molecule has 2 aromatic rings. The van der Waals surface area contributed by atoms with Crippen molar-refractivity contribution >= 4 is 5.91 Å². The number of carbonyl (C=O) groups is 1. The fraction of sp³-hybridized carbons (Fsp3) is 0.278. The molecule has 0 bridgehead atoms. The molecule has 4 nitrogen and oxygen atoms in total. The average molecular weight is 299 g/mol. The standard InChI is InChI=1S/C18H21NO3/c1-13-4-6-15(7-5-13)18(20)19-14(2)12-22-17-10-8-16(21-3)9-11-17/h4-11,14H,12H2,1-3H3,(H,19,20). The van der Waals surface area contributed by atoms with E-state index in [1.54, 1.807) is 7.11 Å². The molecule has 2 rings (SSSR count). The van der Waals surface area contributed by atoms with Gasteiger partial charge in [-0.05, 0) is 50.2 Å². The molecule has 22 heavy (non-hydrogen) atoms. The number of hydrogen-bond acceptors (Lipinski definition) is 3. The van der Waals surface area contributed by atoms with Crippen molar-refractivity contribution in [3.05, 3.63) is 59.7 Å². The van der Waals surface area contributed by atoms with Gasteiger partial charge in [-0.25, -0.2) is 0 Å². The SMILES string of the molecule is COc1ccc(OCC(C)NC(=O)c2ccc(C)cc2)cc1. The van der Waals surface area contributed by atoms with Gasteiger partial charge in [-0.3, -0.25) is 4.79 Å². The smallest absolute Gasteiger partial charge is 0.251 e. The minimum absolute atomic E-state index is 0.0871. The molecule has 4 heteroatoms. The van der Waals surface area contributed by atoms with Crippen molar-refractivity contribution in [1.29, 1.82) is 0 Å². The summed E-state index contributed by atoms with van der Waals surface area (Å²) in [7, 11) is 1.62. The molecule has 0 spiro atoms. The van der Waals surface area contributed by atoms with E-state index < -0.39 is 0 Å².